The van der Waals surface area contributed by atoms with Gasteiger partial charge in [-0.25, -0.2) is 4.99 Å². The third kappa shape index (κ3) is 3.30. The summed E-state index contributed by atoms with van der Waals surface area (Å²) in [5, 5.41) is 6.06. The average molecular weight is 370 g/mol. The van der Waals surface area contributed by atoms with Crippen molar-refractivity contribution in [3.05, 3.63) is 23.4 Å². The Kier molecular flexibility index (Phi) is 5.25. The van der Waals surface area contributed by atoms with E-state index in [9.17, 15) is 4.79 Å². The third-order valence-electron chi connectivity index (χ3n) is 4.29. The van der Waals surface area contributed by atoms with Crippen molar-refractivity contribution in [3.63, 3.8) is 0 Å². The second-order valence-corrected chi connectivity index (χ2v) is 5.83. The summed E-state index contributed by atoms with van der Waals surface area (Å²) in [5.74, 6) is 1.39. The zero-order chi connectivity index (χ0) is 19.6. The minimum Gasteiger partial charge on any atom is -0.493 e. The summed E-state index contributed by atoms with van der Waals surface area (Å²) < 4.78 is 16.1. The Morgan fingerprint density at radius 2 is 1.59 bits per heavy atom. The first-order valence-electron chi connectivity index (χ1n) is 8.66. The molecule has 0 radical (unpaired) electrons. The molecular weight excluding hydrogens is 348 g/mol. The van der Waals surface area contributed by atoms with Crippen molar-refractivity contribution in [1.29, 1.82) is 0 Å². The largest absolute Gasteiger partial charge is 0.493 e. The first-order valence-corrected chi connectivity index (χ1v) is 8.66. The van der Waals surface area contributed by atoms with Gasteiger partial charge in [0.05, 0.1) is 32.8 Å². The Hall–Kier alpha value is -3.16. The second-order valence-electron chi connectivity index (χ2n) is 5.83. The van der Waals surface area contributed by atoms with Crippen molar-refractivity contribution in [1.82, 2.24) is 5.01 Å². The van der Waals surface area contributed by atoms with Gasteiger partial charge in [0.1, 0.15) is 5.70 Å². The molecule has 3 rings (SSSR count). The molecule has 2 heterocycles. The normalized spacial score (nSPS) is 17.4. The number of guanidine groups is 1. The minimum absolute atomic E-state index is 0.299. The van der Waals surface area contributed by atoms with Crippen molar-refractivity contribution >= 4 is 29.4 Å². The number of hydrazone groups is 1. The number of nitrogens with zero attached hydrogens (tertiary/aromatic N) is 4. The predicted molar refractivity (Wildman–Crippen MR) is 104 cm³/mol. The molecule has 0 spiro atoms. The molecule has 0 atom stereocenters. The number of benzene rings is 1. The maximum atomic E-state index is 12.4. The van der Waals surface area contributed by atoms with Crippen LogP contribution in [0.4, 0.5) is 0 Å². The van der Waals surface area contributed by atoms with Crippen LogP contribution < -0.4 is 14.2 Å². The van der Waals surface area contributed by atoms with E-state index in [1.807, 2.05) is 13.8 Å². The number of hydrogen-bond acceptors (Lipinski definition) is 7. The third-order valence-corrected chi connectivity index (χ3v) is 4.29. The molecule has 0 fully saturated rings. The number of fused-ring (bicyclic) bond motifs is 1. The highest BCUT2D eigenvalue weighted by Gasteiger charge is 2.33. The second kappa shape index (κ2) is 7.61. The maximum absolute atomic E-state index is 12.4. The zero-order valence-electron chi connectivity index (χ0n) is 16.1. The Bertz CT molecular complexity index is 874. The van der Waals surface area contributed by atoms with Gasteiger partial charge in [0.25, 0.3) is 11.9 Å². The summed E-state index contributed by atoms with van der Waals surface area (Å²) in [6.07, 6.45) is 3.15. The topological polar surface area (TPSA) is 85.1 Å². The number of carbonyl (C=O) groups excluding carboxylic acids is 1. The summed E-state index contributed by atoms with van der Waals surface area (Å²) >= 11 is 0. The highest BCUT2D eigenvalue weighted by Crippen LogP contribution is 2.39. The van der Waals surface area contributed by atoms with Gasteiger partial charge in [-0.2, -0.15) is 15.1 Å². The predicted octanol–water partition coefficient (Wildman–Crippen LogP) is 2.88. The molecule has 0 saturated heterocycles. The smallest absolute Gasteiger partial charge is 0.299 e. The van der Waals surface area contributed by atoms with Gasteiger partial charge in [-0.3, -0.25) is 4.79 Å². The number of aliphatic imine (C=N–C) groups is 2. The van der Waals surface area contributed by atoms with Gasteiger partial charge in [0.15, 0.2) is 11.5 Å². The zero-order valence-corrected chi connectivity index (χ0v) is 16.1. The van der Waals surface area contributed by atoms with Gasteiger partial charge >= 0.3 is 0 Å². The van der Waals surface area contributed by atoms with E-state index in [-0.39, 0.29) is 5.91 Å². The number of methoxy groups -OCH3 is 3. The Balaban J connectivity index is 2.05. The lowest BCUT2D eigenvalue weighted by Crippen LogP contribution is -2.30. The highest BCUT2D eigenvalue weighted by atomic mass is 16.5. The van der Waals surface area contributed by atoms with Crippen molar-refractivity contribution < 1.29 is 19.0 Å². The van der Waals surface area contributed by atoms with E-state index < -0.39 is 0 Å². The summed E-state index contributed by atoms with van der Waals surface area (Å²) in [4.78, 5) is 21.0. The first kappa shape index (κ1) is 18.6. The van der Waals surface area contributed by atoms with E-state index in [2.05, 4.69) is 15.1 Å². The Morgan fingerprint density at radius 1 is 0.963 bits per heavy atom. The number of carbonyl (C=O) groups is 1. The molecule has 0 unspecified atom stereocenters. The van der Waals surface area contributed by atoms with Gasteiger partial charge in [-0.15, -0.1) is 0 Å². The van der Waals surface area contributed by atoms with Crippen LogP contribution in [-0.2, 0) is 4.79 Å². The van der Waals surface area contributed by atoms with E-state index in [0.717, 1.165) is 24.3 Å². The molecule has 0 N–H and O–H groups in total. The van der Waals surface area contributed by atoms with E-state index >= 15 is 0 Å². The van der Waals surface area contributed by atoms with E-state index in [0.29, 0.717) is 34.5 Å². The molecule has 0 aromatic heterocycles. The van der Waals surface area contributed by atoms with E-state index in [1.54, 1.807) is 32.4 Å². The van der Waals surface area contributed by atoms with Gasteiger partial charge in [-0.05, 0) is 36.6 Å². The van der Waals surface area contributed by atoms with E-state index in [4.69, 9.17) is 14.2 Å². The highest BCUT2D eigenvalue weighted by molar-refractivity contribution is 6.45. The average Bonchev–Trinajstić information content (AvgIpc) is 3.00. The molecule has 0 aliphatic carbocycles. The van der Waals surface area contributed by atoms with Gasteiger partial charge in [0, 0.05) is 0 Å². The molecule has 1 amide bonds. The molecule has 8 heteroatoms. The van der Waals surface area contributed by atoms with Crippen LogP contribution in [0.25, 0.3) is 6.08 Å². The summed E-state index contributed by atoms with van der Waals surface area (Å²) in [6.45, 7) is 4.01. The molecule has 1 aromatic carbocycles. The monoisotopic (exact) mass is 370 g/mol. The molecule has 2 aliphatic rings. The van der Waals surface area contributed by atoms with Crippen molar-refractivity contribution in [2.75, 3.05) is 21.3 Å². The van der Waals surface area contributed by atoms with Crippen LogP contribution in [0.5, 0.6) is 17.2 Å². The minimum atomic E-state index is -0.390. The fourth-order valence-electron chi connectivity index (χ4n) is 2.95. The number of hydrogen-bond donors (Lipinski definition) is 0. The molecular formula is C19H22N4O4. The maximum Gasteiger partial charge on any atom is 0.299 e. The van der Waals surface area contributed by atoms with Crippen LogP contribution in [0.1, 0.15) is 32.3 Å². The van der Waals surface area contributed by atoms with E-state index in [1.165, 1.54) is 12.1 Å². The van der Waals surface area contributed by atoms with Crippen molar-refractivity contribution in [2.45, 2.75) is 26.7 Å². The summed E-state index contributed by atoms with van der Waals surface area (Å²) in [6, 6.07) is 3.52. The number of rotatable bonds is 6. The molecule has 0 bridgehead atoms. The fourth-order valence-corrected chi connectivity index (χ4v) is 2.95. The standard InChI is InChI=1S/C19H22N4O4/c1-6-12-13(7-2)22-23-14(18(24)21-19(23)20-12)8-11-9-15(25-3)17(27-5)16(10-11)26-4/h8-10H,6-7H2,1-5H3. The van der Waals surface area contributed by atoms with Crippen LogP contribution in [0.15, 0.2) is 32.9 Å². The lowest BCUT2D eigenvalue weighted by molar-refractivity contribution is -0.114. The Morgan fingerprint density at radius 3 is 2.11 bits per heavy atom. The molecule has 8 nitrogen and oxygen atoms in total. The van der Waals surface area contributed by atoms with Crippen LogP contribution in [-0.4, -0.2) is 49.6 Å². The molecule has 27 heavy (non-hydrogen) atoms. The number of amides is 1. The quantitative estimate of drug-likeness (QED) is 0.719. The van der Waals surface area contributed by atoms with Crippen LogP contribution in [0.3, 0.4) is 0 Å². The molecule has 0 saturated carbocycles. The lowest BCUT2D eigenvalue weighted by atomic mass is 10.1. The van der Waals surface area contributed by atoms with Crippen LogP contribution in [0.2, 0.25) is 0 Å². The lowest BCUT2D eigenvalue weighted by Gasteiger charge is -2.20. The number of ether oxygens (including phenoxy) is 3. The van der Waals surface area contributed by atoms with Crippen molar-refractivity contribution in [3.8, 4) is 17.2 Å². The summed E-state index contributed by atoms with van der Waals surface area (Å²) in [5.41, 5.74) is 2.73. The first-order chi connectivity index (χ1) is 13.1. The van der Waals surface area contributed by atoms with Crippen LogP contribution in [0, 0.1) is 0 Å². The van der Waals surface area contributed by atoms with Crippen LogP contribution >= 0.6 is 0 Å². The van der Waals surface area contributed by atoms with Gasteiger partial charge in [-0.1, -0.05) is 13.8 Å². The Labute approximate surface area is 157 Å². The molecule has 2 aliphatic heterocycles. The van der Waals surface area contributed by atoms with Gasteiger partial charge in [0.2, 0.25) is 5.75 Å². The van der Waals surface area contributed by atoms with Crippen molar-refractivity contribution in [2.24, 2.45) is 15.1 Å². The SMILES string of the molecule is CCC1=NC2=NC(=O)C(=Cc3cc(OC)c(OC)c(OC)c3)N2N=C1CC. The van der Waals surface area contributed by atoms with Gasteiger partial charge < -0.3 is 14.2 Å². The fraction of sp³-hybridized carbons (Fsp3) is 0.368. The molecule has 142 valence electrons. The summed E-state index contributed by atoms with van der Waals surface area (Å²) in [7, 11) is 4.62. The molecule has 1 aromatic rings.